The first-order valence-electron chi connectivity index (χ1n) is 6.13. The average molecular weight is 272 g/mol. The molecule has 98 valence electrons. The highest BCUT2D eigenvalue weighted by molar-refractivity contribution is 7.17. The fourth-order valence-corrected chi connectivity index (χ4v) is 3.44. The minimum atomic E-state index is -0.0314. The standard InChI is InChI=1S/C14H16N4S/c1-9-12(8-18(2)17-9)13(16-15)11-5-3-4-10-6-7-19-14(10)11/h3-8,13,16H,15H2,1-2H3. The fourth-order valence-electron chi connectivity index (χ4n) is 2.49. The van der Waals surface area contributed by atoms with Gasteiger partial charge in [-0.05, 0) is 29.3 Å². The lowest BCUT2D eigenvalue weighted by atomic mass is 9.99. The molecule has 0 saturated heterocycles. The quantitative estimate of drug-likeness (QED) is 0.569. The highest BCUT2D eigenvalue weighted by Crippen LogP contribution is 2.32. The Hall–Kier alpha value is -1.69. The summed E-state index contributed by atoms with van der Waals surface area (Å²) in [5.41, 5.74) is 6.24. The lowest BCUT2D eigenvalue weighted by molar-refractivity contribution is 0.638. The molecule has 0 aliphatic rings. The zero-order chi connectivity index (χ0) is 13.4. The number of nitrogens with two attached hydrogens (primary N) is 1. The minimum Gasteiger partial charge on any atom is -0.275 e. The summed E-state index contributed by atoms with van der Waals surface area (Å²) < 4.78 is 3.09. The Labute approximate surface area is 115 Å². The molecule has 1 aromatic carbocycles. The van der Waals surface area contributed by atoms with Gasteiger partial charge in [-0.1, -0.05) is 18.2 Å². The van der Waals surface area contributed by atoms with Crippen LogP contribution in [-0.2, 0) is 7.05 Å². The Balaban J connectivity index is 2.17. The molecule has 0 amide bonds. The van der Waals surface area contributed by atoms with E-state index in [-0.39, 0.29) is 6.04 Å². The van der Waals surface area contributed by atoms with Gasteiger partial charge in [0.2, 0.25) is 0 Å². The van der Waals surface area contributed by atoms with Crippen molar-refractivity contribution in [2.45, 2.75) is 13.0 Å². The Kier molecular flexibility index (Phi) is 3.10. The van der Waals surface area contributed by atoms with Crippen molar-refractivity contribution >= 4 is 21.4 Å². The molecular weight excluding hydrogens is 256 g/mol. The van der Waals surface area contributed by atoms with E-state index in [1.165, 1.54) is 15.6 Å². The lowest BCUT2D eigenvalue weighted by Gasteiger charge is -2.16. The maximum Gasteiger partial charge on any atom is 0.0757 e. The molecule has 19 heavy (non-hydrogen) atoms. The van der Waals surface area contributed by atoms with Gasteiger partial charge in [0.05, 0.1) is 11.7 Å². The SMILES string of the molecule is Cc1nn(C)cc1C(NN)c1cccc2ccsc12. The molecule has 5 heteroatoms. The van der Waals surface area contributed by atoms with Gasteiger partial charge >= 0.3 is 0 Å². The van der Waals surface area contributed by atoms with Crippen LogP contribution in [0.15, 0.2) is 35.8 Å². The Morgan fingerprint density at radius 1 is 1.32 bits per heavy atom. The van der Waals surface area contributed by atoms with E-state index in [0.717, 1.165) is 11.3 Å². The van der Waals surface area contributed by atoms with Gasteiger partial charge in [0.15, 0.2) is 0 Å². The monoisotopic (exact) mass is 272 g/mol. The number of rotatable bonds is 3. The summed E-state index contributed by atoms with van der Waals surface area (Å²) in [4.78, 5) is 0. The lowest BCUT2D eigenvalue weighted by Crippen LogP contribution is -2.29. The zero-order valence-corrected chi connectivity index (χ0v) is 11.7. The third kappa shape index (κ3) is 2.06. The minimum absolute atomic E-state index is 0.0314. The van der Waals surface area contributed by atoms with Gasteiger partial charge in [0.1, 0.15) is 0 Å². The van der Waals surface area contributed by atoms with Crippen molar-refractivity contribution in [2.75, 3.05) is 0 Å². The van der Waals surface area contributed by atoms with Crippen LogP contribution >= 0.6 is 11.3 Å². The molecule has 0 spiro atoms. The summed E-state index contributed by atoms with van der Waals surface area (Å²) in [6.07, 6.45) is 2.02. The van der Waals surface area contributed by atoms with E-state index < -0.39 is 0 Å². The van der Waals surface area contributed by atoms with E-state index in [1.54, 1.807) is 11.3 Å². The second-order valence-electron chi connectivity index (χ2n) is 4.63. The Bertz CT molecular complexity index is 713. The number of benzene rings is 1. The fraction of sp³-hybridized carbons (Fsp3) is 0.214. The summed E-state index contributed by atoms with van der Waals surface area (Å²) in [7, 11) is 1.93. The summed E-state index contributed by atoms with van der Waals surface area (Å²) in [5, 5.41) is 7.76. The first-order chi connectivity index (χ1) is 9.20. The van der Waals surface area contributed by atoms with Crippen molar-refractivity contribution < 1.29 is 0 Å². The molecule has 1 unspecified atom stereocenters. The first-order valence-corrected chi connectivity index (χ1v) is 7.01. The van der Waals surface area contributed by atoms with Crippen LogP contribution < -0.4 is 11.3 Å². The second kappa shape index (κ2) is 4.77. The highest BCUT2D eigenvalue weighted by Gasteiger charge is 2.19. The summed E-state index contributed by atoms with van der Waals surface area (Å²) >= 11 is 1.74. The Morgan fingerprint density at radius 3 is 2.84 bits per heavy atom. The number of nitrogens with zero attached hydrogens (tertiary/aromatic N) is 2. The molecule has 4 nitrogen and oxygen atoms in total. The van der Waals surface area contributed by atoms with Crippen LogP contribution in [0.4, 0.5) is 0 Å². The van der Waals surface area contributed by atoms with Crippen LogP contribution in [0.3, 0.4) is 0 Å². The van der Waals surface area contributed by atoms with E-state index in [2.05, 4.69) is 40.2 Å². The molecule has 0 aliphatic heterocycles. The summed E-state index contributed by atoms with van der Waals surface area (Å²) in [6, 6.07) is 8.42. The molecule has 1 atom stereocenters. The third-order valence-electron chi connectivity index (χ3n) is 3.35. The normalized spacial score (nSPS) is 13.0. The zero-order valence-electron chi connectivity index (χ0n) is 10.9. The van der Waals surface area contributed by atoms with Crippen molar-refractivity contribution in [2.24, 2.45) is 12.9 Å². The molecular formula is C14H16N4S. The molecule has 0 saturated carbocycles. The van der Waals surface area contributed by atoms with Crippen molar-refractivity contribution in [3.8, 4) is 0 Å². The first kappa shape index (κ1) is 12.3. The maximum atomic E-state index is 5.79. The number of aryl methyl sites for hydroxylation is 2. The number of hydrogen-bond acceptors (Lipinski definition) is 4. The van der Waals surface area contributed by atoms with Gasteiger partial charge < -0.3 is 0 Å². The predicted octanol–water partition coefficient (Wildman–Crippen LogP) is 2.50. The van der Waals surface area contributed by atoms with Gasteiger partial charge in [-0.3, -0.25) is 10.5 Å². The number of hydrazine groups is 1. The molecule has 2 aromatic heterocycles. The Morgan fingerprint density at radius 2 is 2.16 bits per heavy atom. The number of fused-ring (bicyclic) bond motifs is 1. The largest absolute Gasteiger partial charge is 0.275 e. The topological polar surface area (TPSA) is 55.9 Å². The molecule has 3 rings (SSSR count). The molecule has 0 aliphatic carbocycles. The van der Waals surface area contributed by atoms with Crippen LogP contribution in [0.1, 0.15) is 22.9 Å². The highest BCUT2D eigenvalue weighted by atomic mass is 32.1. The predicted molar refractivity (Wildman–Crippen MR) is 78.9 cm³/mol. The van der Waals surface area contributed by atoms with Crippen molar-refractivity contribution in [1.29, 1.82) is 0 Å². The second-order valence-corrected chi connectivity index (χ2v) is 5.55. The van der Waals surface area contributed by atoms with Crippen LogP contribution in [-0.4, -0.2) is 9.78 Å². The van der Waals surface area contributed by atoms with Crippen molar-refractivity contribution in [1.82, 2.24) is 15.2 Å². The number of hydrogen-bond donors (Lipinski definition) is 2. The molecule has 3 aromatic rings. The number of thiophene rings is 1. The van der Waals surface area contributed by atoms with Crippen LogP contribution in [0.25, 0.3) is 10.1 Å². The molecule has 0 fully saturated rings. The average Bonchev–Trinajstić information content (AvgIpc) is 2.98. The maximum absolute atomic E-state index is 5.79. The smallest absolute Gasteiger partial charge is 0.0757 e. The summed E-state index contributed by atoms with van der Waals surface area (Å²) in [6.45, 7) is 2.01. The molecule has 0 radical (unpaired) electrons. The van der Waals surface area contributed by atoms with E-state index in [1.807, 2.05) is 24.9 Å². The summed E-state index contributed by atoms with van der Waals surface area (Å²) in [5.74, 6) is 5.79. The number of aromatic nitrogens is 2. The van der Waals surface area contributed by atoms with Gasteiger partial charge in [-0.2, -0.15) is 5.10 Å². The van der Waals surface area contributed by atoms with Gasteiger partial charge in [0.25, 0.3) is 0 Å². The molecule has 2 heterocycles. The van der Waals surface area contributed by atoms with E-state index >= 15 is 0 Å². The molecule has 3 N–H and O–H groups in total. The van der Waals surface area contributed by atoms with Crippen LogP contribution in [0.5, 0.6) is 0 Å². The van der Waals surface area contributed by atoms with Crippen LogP contribution in [0, 0.1) is 6.92 Å². The molecule has 0 bridgehead atoms. The van der Waals surface area contributed by atoms with E-state index in [9.17, 15) is 0 Å². The number of nitrogens with one attached hydrogen (secondary N) is 1. The van der Waals surface area contributed by atoms with Crippen LogP contribution in [0.2, 0.25) is 0 Å². The van der Waals surface area contributed by atoms with Crippen molar-refractivity contribution in [3.05, 3.63) is 52.7 Å². The van der Waals surface area contributed by atoms with E-state index in [0.29, 0.717) is 0 Å². The van der Waals surface area contributed by atoms with Gasteiger partial charge in [0, 0.05) is 23.5 Å². The third-order valence-corrected chi connectivity index (χ3v) is 4.33. The van der Waals surface area contributed by atoms with Crippen molar-refractivity contribution in [3.63, 3.8) is 0 Å². The van der Waals surface area contributed by atoms with E-state index in [4.69, 9.17) is 5.84 Å². The van der Waals surface area contributed by atoms with Gasteiger partial charge in [-0.15, -0.1) is 11.3 Å². The van der Waals surface area contributed by atoms with Gasteiger partial charge in [-0.25, -0.2) is 5.43 Å².